The third-order valence-corrected chi connectivity index (χ3v) is 5.37. The van der Waals surface area contributed by atoms with Gasteiger partial charge in [-0.1, -0.05) is 29.8 Å². The van der Waals surface area contributed by atoms with Crippen molar-refractivity contribution in [3.8, 4) is 0 Å². The Bertz CT molecular complexity index is 1040. The standard InChI is InChI=1S/C20H20ClN5O2/c1-14-18(19-22-7-4-8-26(19)23-14)20(28)25-11-9-24(10-12-25)17(27)13-15-5-2-3-6-16(15)21/h2-8H,9-13H2,1H3. The van der Waals surface area contributed by atoms with Crippen LogP contribution in [0.15, 0.2) is 42.7 Å². The Hall–Kier alpha value is -2.93. The van der Waals surface area contributed by atoms with E-state index in [0.29, 0.717) is 48.1 Å². The van der Waals surface area contributed by atoms with Crippen molar-refractivity contribution in [1.29, 1.82) is 0 Å². The molecule has 2 aromatic heterocycles. The van der Waals surface area contributed by atoms with Gasteiger partial charge in [-0.15, -0.1) is 0 Å². The lowest BCUT2D eigenvalue weighted by atomic mass is 10.1. The maximum Gasteiger partial charge on any atom is 0.259 e. The number of benzene rings is 1. The van der Waals surface area contributed by atoms with Crippen molar-refractivity contribution >= 4 is 29.1 Å². The van der Waals surface area contributed by atoms with Crippen molar-refractivity contribution in [3.05, 3.63) is 64.6 Å². The SMILES string of the molecule is Cc1nn2cccnc2c1C(=O)N1CCN(C(=O)Cc2ccccc2Cl)CC1. The molecule has 4 rings (SSSR count). The molecule has 2 amide bonds. The second-order valence-corrected chi connectivity index (χ2v) is 7.20. The summed E-state index contributed by atoms with van der Waals surface area (Å²) in [5.41, 5.74) is 2.56. The topological polar surface area (TPSA) is 70.8 Å². The third kappa shape index (κ3) is 3.45. The van der Waals surface area contributed by atoms with Crippen molar-refractivity contribution in [2.24, 2.45) is 0 Å². The predicted octanol–water partition coefficient (Wildman–Crippen LogP) is 2.22. The number of amides is 2. The van der Waals surface area contributed by atoms with Gasteiger partial charge < -0.3 is 9.80 Å². The molecule has 1 saturated heterocycles. The molecule has 0 bridgehead atoms. The second kappa shape index (κ2) is 7.59. The number of fused-ring (bicyclic) bond motifs is 1. The van der Waals surface area contributed by atoms with Crippen LogP contribution in [0.2, 0.25) is 5.02 Å². The van der Waals surface area contributed by atoms with Crippen LogP contribution in [0.3, 0.4) is 0 Å². The molecule has 0 atom stereocenters. The summed E-state index contributed by atoms with van der Waals surface area (Å²) in [6, 6.07) is 9.14. The van der Waals surface area contributed by atoms with E-state index in [1.807, 2.05) is 25.1 Å². The second-order valence-electron chi connectivity index (χ2n) is 6.79. The molecule has 1 aliphatic rings. The van der Waals surface area contributed by atoms with E-state index >= 15 is 0 Å². The third-order valence-electron chi connectivity index (χ3n) is 5.00. The van der Waals surface area contributed by atoms with E-state index in [0.717, 1.165) is 5.56 Å². The highest BCUT2D eigenvalue weighted by Gasteiger charge is 2.28. The van der Waals surface area contributed by atoms with Gasteiger partial charge in [-0.25, -0.2) is 9.50 Å². The molecule has 3 heterocycles. The van der Waals surface area contributed by atoms with Crippen LogP contribution in [0.1, 0.15) is 21.6 Å². The quantitative estimate of drug-likeness (QED) is 0.679. The Morgan fingerprint density at radius 3 is 2.54 bits per heavy atom. The van der Waals surface area contributed by atoms with Crippen LogP contribution in [0.4, 0.5) is 0 Å². The number of halogens is 1. The van der Waals surface area contributed by atoms with Crippen LogP contribution >= 0.6 is 11.6 Å². The number of hydrogen-bond donors (Lipinski definition) is 0. The Morgan fingerprint density at radius 2 is 1.79 bits per heavy atom. The zero-order valence-electron chi connectivity index (χ0n) is 15.5. The first kappa shape index (κ1) is 18.4. The fourth-order valence-electron chi connectivity index (χ4n) is 3.48. The number of aromatic nitrogens is 3. The lowest BCUT2D eigenvalue weighted by Gasteiger charge is -2.34. The van der Waals surface area contributed by atoms with Crippen molar-refractivity contribution < 1.29 is 9.59 Å². The van der Waals surface area contributed by atoms with Crippen LogP contribution in [-0.2, 0) is 11.2 Å². The number of nitrogens with zero attached hydrogens (tertiary/aromatic N) is 5. The molecule has 0 N–H and O–H groups in total. The van der Waals surface area contributed by atoms with Crippen LogP contribution in [0, 0.1) is 6.92 Å². The molecule has 0 saturated carbocycles. The van der Waals surface area contributed by atoms with Crippen molar-refractivity contribution in [3.63, 3.8) is 0 Å². The molecule has 8 heteroatoms. The first-order valence-electron chi connectivity index (χ1n) is 9.15. The number of carbonyl (C=O) groups excluding carboxylic acids is 2. The smallest absolute Gasteiger partial charge is 0.259 e. The lowest BCUT2D eigenvalue weighted by Crippen LogP contribution is -2.51. The van der Waals surface area contributed by atoms with Gasteiger partial charge in [0.1, 0.15) is 5.56 Å². The first-order chi connectivity index (χ1) is 13.5. The minimum Gasteiger partial charge on any atom is -0.339 e. The van der Waals surface area contributed by atoms with Crippen LogP contribution < -0.4 is 0 Å². The molecule has 7 nitrogen and oxygen atoms in total. The van der Waals surface area contributed by atoms with Gasteiger partial charge in [0.2, 0.25) is 5.91 Å². The molecule has 0 aliphatic carbocycles. The minimum atomic E-state index is -0.0931. The normalized spacial score (nSPS) is 14.5. The fourth-order valence-corrected chi connectivity index (χ4v) is 3.68. The van der Waals surface area contributed by atoms with E-state index in [2.05, 4.69) is 10.1 Å². The molecule has 28 heavy (non-hydrogen) atoms. The fraction of sp³-hybridized carbons (Fsp3) is 0.300. The van der Waals surface area contributed by atoms with E-state index in [9.17, 15) is 9.59 Å². The molecule has 3 aromatic rings. The molecular formula is C20H20ClN5O2. The minimum absolute atomic E-state index is 0.0222. The van der Waals surface area contributed by atoms with Gasteiger partial charge in [0.05, 0.1) is 12.1 Å². The molecule has 0 radical (unpaired) electrons. The Balaban J connectivity index is 1.42. The van der Waals surface area contributed by atoms with Crippen LogP contribution in [0.25, 0.3) is 5.65 Å². The summed E-state index contributed by atoms with van der Waals surface area (Å²) in [5, 5.41) is 4.95. The van der Waals surface area contributed by atoms with E-state index in [4.69, 9.17) is 11.6 Å². The number of carbonyl (C=O) groups is 2. The summed E-state index contributed by atoms with van der Waals surface area (Å²) in [4.78, 5) is 33.5. The van der Waals surface area contributed by atoms with Gasteiger partial charge in [-0.2, -0.15) is 5.10 Å². The largest absolute Gasteiger partial charge is 0.339 e. The Kier molecular flexibility index (Phi) is 5.00. The highest BCUT2D eigenvalue weighted by atomic mass is 35.5. The van der Waals surface area contributed by atoms with Crippen molar-refractivity contribution in [2.75, 3.05) is 26.2 Å². The molecule has 1 aromatic carbocycles. The summed E-state index contributed by atoms with van der Waals surface area (Å²) in [6.45, 7) is 3.78. The monoisotopic (exact) mass is 397 g/mol. The van der Waals surface area contributed by atoms with Gasteiger partial charge in [0.15, 0.2) is 5.65 Å². The molecule has 0 spiro atoms. The Labute approximate surface area is 167 Å². The van der Waals surface area contributed by atoms with Gasteiger partial charge >= 0.3 is 0 Å². The lowest BCUT2D eigenvalue weighted by molar-refractivity contribution is -0.131. The van der Waals surface area contributed by atoms with Crippen molar-refractivity contribution in [1.82, 2.24) is 24.4 Å². The average Bonchev–Trinajstić information content (AvgIpc) is 3.05. The first-order valence-corrected chi connectivity index (χ1v) is 9.53. The summed E-state index contributed by atoms with van der Waals surface area (Å²) in [5.74, 6) is -0.0709. The summed E-state index contributed by atoms with van der Waals surface area (Å²) < 4.78 is 1.62. The zero-order chi connectivity index (χ0) is 19.7. The molecule has 1 fully saturated rings. The number of piperazine rings is 1. The van der Waals surface area contributed by atoms with E-state index in [1.165, 1.54) is 0 Å². The van der Waals surface area contributed by atoms with Gasteiger partial charge in [-0.3, -0.25) is 9.59 Å². The van der Waals surface area contributed by atoms with E-state index < -0.39 is 0 Å². The molecular weight excluding hydrogens is 378 g/mol. The van der Waals surface area contributed by atoms with Crippen LogP contribution in [0.5, 0.6) is 0 Å². The maximum absolute atomic E-state index is 13.0. The zero-order valence-corrected chi connectivity index (χ0v) is 16.3. The Morgan fingerprint density at radius 1 is 1.07 bits per heavy atom. The molecule has 1 aliphatic heterocycles. The van der Waals surface area contributed by atoms with Gasteiger partial charge in [0.25, 0.3) is 5.91 Å². The van der Waals surface area contributed by atoms with E-state index in [-0.39, 0.29) is 18.2 Å². The van der Waals surface area contributed by atoms with Gasteiger partial charge in [0, 0.05) is 43.6 Å². The van der Waals surface area contributed by atoms with E-state index in [1.54, 1.807) is 38.8 Å². The highest BCUT2D eigenvalue weighted by Crippen LogP contribution is 2.19. The predicted molar refractivity (Wildman–Crippen MR) is 105 cm³/mol. The number of hydrogen-bond acceptors (Lipinski definition) is 4. The summed E-state index contributed by atoms with van der Waals surface area (Å²) >= 11 is 6.15. The summed E-state index contributed by atoms with van der Waals surface area (Å²) in [6.07, 6.45) is 3.70. The number of aryl methyl sites for hydroxylation is 1. The average molecular weight is 398 g/mol. The summed E-state index contributed by atoms with van der Waals surface area (Å²) in [7, 11) is 0. The highest BCUT2D eigenvalue weighted by molar-refractivity contribution is 6.31. The van der Waals surface area contributed by atoms with Crippen LogP contribution in [-0.4, -0.2) is 62.4 Å². The molecule has 144 valence electrons. The molecule has 0 unspecified atom stereocenters. The maximum atomic E-state index is 13.0. The number of rotatable bonds is 3. The van der Waals surface area contributed by atoms with Crippen molar-refractivity contribution in [2.45, 2.75) is 13.3 Å². The van der Waals surface area contributed by atoms with Gasteiger partial charge in [-0.05, 0) is 24.6 Å².